The Labute approximate surface area is 151 Å². The van der Waals surface area contributed by atoms with Crippen molar-refractivity contribution in [1.82, 2.24) is 4.72 Å². The van der Waals surface area contributed by atoms with E-state index >= 15 is 0 Å². The van der Waals surface area contributed by atoms with E-state index in [2.05, 4.69) is 4.72 Å². The van der Waals surface area contributed by atoms with Gasteiger partial charge < -0.3 is 4.74 Å². The molecule has 0 aromatic heterocycles. The Morgan fingerprint density at radius 1 is 0.880 bits per heavy atom. The van der Waals surface area contributed by atoms with Gasteiger partial charge in [-0.05, 0) is 73.6 Å². The minimum atomic E-state index is -3.59. The van der Waals surface area contributed by atoms with Gasteiger partial charge in [0.25, 0.3) is 0 Å². The molecule has 2 aromatic carbocycles. The molecule has 25 heavy (non-hydrogen) atoms. The second kappa shape index (κ2) is 7.68. The highest BCUT2D eigenvalue weighted by molar-refractivity contribution is 7.89. The molecule has 0 atom stereocenters. The summed E-state index contributed by atoms with van der Waals surface area (Å²) in [6, 6.07) is 7.74. The van der Waals surface area contributed by atoms with Gasteiger partial charge in [-0.1, -0.05) is 24.3 Å². The molecule has 0 bridgehead atoms. The first kappa shape index (κ1) is 19.6. The minimum Gasteiger partial charge on any atom is -0.380 e. The van der Waals surface area contributed by atoms with E-state index in [0.717, 1.165) is 38.9 Å². The molecule has 0 saturated carbocycles. The lowest BCUT2D eigenvalue weighted by molar-refractivity contribution is 0.185. The van der Waals surface area contributed by atoms with Crippen LogP contribution in [0, 0.1) is 34.6 Å². The normalized spacial score (nSPS) is 11.8. The van der Waals surface area contributed by atoms with Gasteiger partial charge >= 0.3 is 0 Å². The molecule has 136 valence electrons. The quantitative estimate of drug-likeness (QED) is 0.850. The Morgan fingerprint density at radius 3 is 1.96 bits per heavy atom. The number of methoxy groups -OCH3 is 1. The molecule has 2 aromatic rings. The van der Waals surface area contributed by atoms with Crippen LogP contribution in [0.4, 0.5) is 0 Å². The molecule has 2 rings (SSSR count). The van der Waals surface area contributed by atoms with Crippen LogP contribution in [0.3, 0.4) is 0 Å². The maximum absolute atomic E-state index is 12.9. The summed E-state index contributed by atoms with van der Waals surface area (Å²) >= 11 is 0. The van der Waals surface area contributed by atoms with Crippen LogP contribution in [0.25, 0.3) is 0 Å². The topological polar surface area (TPSA) is 55.4 Å². The lowest BCUT2D eigenvalue weighted by atomic mass is 9.95. The number of hydrogen-bond acceptors (Lipinski definition) is 3. The van der Waals surface area contributed by atoms with E-state index in [9.17, 15) is 8.42 Å². The molecule has 0 aliphatic rings. The average Bonchev–Trinajstić information content (AvgIpc) is 2.57. The van der Waals surface area contributed by atoms with E-state index in [-0.39, 0.29) is 6.54 Å². The van der Waals surface area contributed by atoms with Crippen molar-refractivity contribution in [1.29, 1.82) is 0 Å². The van der Waals surface area contributed by atoms with E-state index in [0.29, 0.717) is 11.5 Å². The Kier molecular flexibility index (Phi) is 6.03. The third kappa shape index (κ3) is 4.11. The van der Waals surface area contributed by atoms with Gasteiger partial charge in [0.2, 0.25) is 10.0 Å². The molecular weight excluding hydrogens is 334 g/mol. The van der Waals surface area contributed by atoms with Crippen LogP contribution in [0.5, 0.6) is 0 Å². The standard InChI is InChI=1S/C20H27NO3S/c1-13-14(2)16(4)20(17(5)15(13)3)25(22,23)21-11-18-8-7-9-19(10-18)12-24-6/h7-10,21H,11-12H2,1-6H3. The zero-order valence-electron chi connectivity index (χ0n) is 15.9. The van der Waals surface area contributed by atoms with Crippen molar-refractivity contribution in [2.45, 2.75) is 52.7 Å². The van der Waals surface area contributed by atoms with Crippen molar-refractivity contribution in [2.75, 3.05) is 7.11 Å². The van der Waals surface area contributed by atoms with Crippen molar-refractivity contribution in [3.05, 3.63) is 63.2 Å². The molecule has 1 N–H and O–H groups in total. The fourth-order valence-corrected chi connectivity index (χ4v) is 4.73. The fourth-order valence-electron chi connectivity index (χ4n) is 3.12. The second-order valence-electron chi connectivity index (χ2n) is 6.53. The van der Waals surface area contributed by atoms with E-state index in [4.69, 9.17) is 4.74 Å². The zero-order valence-corrected chi connectivity index (χ0v) is 16.7. The highest BCUT2D eigenvalue weighted by Crippen LogP contribution is 2.29. The molecule has 5 heteroatoms. The monoisotopic (exact) mass is 361 g/mol. The Morgan fingerprint density at radius 2 is 1.40 bits per heavy atom. The van der Waals surface area contributed by atoms with E-state index in [1.54, 1.807) is 7.11 Å². The maximum atomic E-state index is 12.9. The number of sulfonamides is 1. The molecule has 0 heterocycles. The summed E-state index contributed by atoms with van der Waals surface area (Å²) in [5, 5.41) is 0. The predicted octanol–water partition coefficient (Wildman–Crippen LogP) is 3.85. The molecule has 0 aliphatic carbocycles. The van der Waals surface area contributed by atoms with Crippen LogP contribution in [-0.2, 0) is 27.9 Å². The highest BCUT2D eigenvalue weighted by Gasteiger charge is 2.23. The molecule has 0 spiro atoms. The van der Waals surface area contributed by atoms with E-state index < -0.39 is 10.0 Å². The first-order chi connectivity index (χ1) is 11.7. The zero-order chi connectivity index (χ0) is 18.8. The summed E-state index contributed by atoms with van der Waals surface area (Å²) < 4.78 is 33.8. The SMILES string of the molecule is COCc1cccc(CNS(=O)(=O)c2c(C)c(C)c(C)c(C)c2C)c1. The largest absolute Gasteiger partial charge is 0.380 e. The van der Waals surface area contributed by atoms with Gasteiger partial charge in [-0.15, -0.1) is 0 Å². The molecule has 0 unspecified atom stereocenters. The average molecular weight is 362 g/mol. The van der Waals surface area contributed by atoms with Crippen molar-refractivity contribution in [3.63, 3.8) is 0 Å². The van der Waals surface area contributed by atoms with Gasteiger partial charge in [0.1, 0.15) is 0 Å². The summed E-state index contributed by atoms with van der Waals surface area (Å²) in [4.78, 5) is 0.404. The third-order valence-corrected chi connectivity index (χ3v) is 6.64. The summed E-state index contributed by atoms with van der Waals surface area (Å²) in [5.74, 6) is 0. The van der Waals surface area contributed by atoms with Gasteiger partial charge in [0.05, 0.1) is 11.5 Å². The van der Waals surface area contributed by atoms with Gasteiger partial charge in [0.15, 0.2) is 0 Å². The fraction of sp³-hybridized carbons (Fsp3) is 0.400. The first-order valence-electron chi connectivity index (χ1n) is 8.32. The van der Waals surface area contributed by atoms with Crippen LogP contribution < -0.4 is 4.72 Å². The van der Waals surface area contributed by atoms with Crippen LogP contribution in [-0.4, -0.2) is 15.5 Å². The maximum Gasteiger partial charge on any atom is 0.241 e. The van der Waals surface area contributed by atoms with Crippen LogP contribution in [0.1, 0.15) is 38.9 Å². The van der Waals surface area contributed by atoms with Gasteiger partial charge in [-0.25, -0.2) is 13.1 Å². The molecule has 0 aliphatic heterocycles. The number of ether oxygens (including phenoxy) is 1. The molecular formula is C20H27NO3S. The van der Waals surface area contributed by atoms with E-state index in [1.807, 2.05) is 58.9 Å². The summed E-state index contributed by atoms with van der Waals surface area (Å²) in [6.07, 6.45) is 0. The van der Waals surface area contributed by atoms with Crippen molar-refractivity contribution < 1.29 is 13.2 Å². The minimum absolute atomic E-state index is 0.255. The van der Waals surface area contributed by atoms with Gasteiger partial charge in [0, 0.05) is 13.7 Å². The Hall–Kier alpha value is -1.69. The van der Waals surface area contributed by atoms with Crippen molar-refractivity contribution in [3.8, 4) is 0 Å². The highest BCUT2D eigenvalue weighted by atomic mass is 32.2. The molecule has 0 saturated heterocycles. The second-order valence-corrected chi connectivity index (χ2v) is 8.24. The lowest BCUT2D eigenvalue weighted by Crippen LogP contribution is -2.25. The third-order valence-electron chi connectivity index (χ3n) is 4.97. The number of benzene rings is 2. The van der Waals surface area contributed by atoms with E-state index in [1.165, 1.54) is 0 Å². The molecule has 0 radical (unpaired) electrons. The lowest BCUT2D eigenvalue weighted by Gasteiger charge is -2.19. The molecule has 0 fully saturated rings. The number of rotatable bonds is 6. The van der Waals surface area contributed by atoms with Gasteiger partial charge in [-0.3, -0.25) is 0 Å². The number of nitrogens with one attached hydrogen (secondary N) is 1. The summed E-state index contributed by atoms with van der Waals surface area (Å²) in [5.41, 5.74) is 6.79. The number of hydrogen-bond donors (Lipinski definition) is 1. The van der Waals surface area contributed by atoms with Crippen LogP contribution in [0.2, 0.25) is 0 Å². The Balaban J connectivity index is 2.33. The molecule has 0 amide bonds. The van der Waals surface area contributed by atoms with Crippen LogP contribution in [0.15, 0.2) is 29.2 Å². The predicted molar refractivity (Wildman–Crippen MR) is 101 cm³/mol. The van der Waals surface area contributed by atoms with Gasteiger partial charge in [-0.2, -0.15) is 0 Å². The Bertz CT molecular complexity index is 857. The summed E-state index contributed by atoms with van der Waals surface area (Å²) in [7, 11) is -1.95. The smallest absolute Gasteiger partial charge is 0.241 e. The summed E-state index contributed by atoms with van der Waals surface area (Å²) in [6.45, 7) is 10.5. The van der Waals surface area contributed by atoms with Crippen LogP contribution >= 0.6 is 0 Å². The van der Waals surface area contributed by atoms with Crippen molar-refractivity contribution in [2.24, 2.45) is 0 Å². The molecule has 4 nitrogen and oxygen atoms in total. The first-order valence-corrected chi connectivity index (χ1v) is 9.80. The van der Waals surface area contributed by atoms with Crippen molar-refractivity contribution >= 4 is 10.0 Å².